The molecular weight excluding hydrogens is 102 g/mol. The molecule has 0 saturated carbocycles. The monoisotopic (exact) mass is 103 g/mol. The zero-order valence-electron chi connectivity index (χ0n) is 1.90. The normalized spacial score (nSPS) is 3.25. The molecule has 0 radical (unpaired) electrons. The zero-order chi connectivity index (χ0) is 2.71. The minimum absolute atomic E-state index is 0. The first kappa shape index (κ1) is 8.90. The van der Waals surface area contributed by atoms with Crippen LogP contribution in [0.25, 0.3) is 0 Å². The molecule has 0 N–H and O–H groups in total. The van der Waals surface area contributed by atoms with Crippen LogP contribution in [0.15, 0.2) is 6.58 Å². The van der Waals surface area contributed by atoms with Gasteiger partial charge >= 0.3 is 0 Å². The fourth-order valence-electron chi connectivity index (χ4n) is 0. The summed E-state index contributed by atoms with van der Waals surface area (Å²) in [7, 11) is 0. The van der Waals surface area contributed by atoms with Crippen molar-refractivity contribution in [3.63, 3.8) is 0 Å². The van der Waals surface area contributed by atoms with E-state index < -0.39 is 0 Å². The van der Waals surface area contributed by atoms with Crippen molar-refractivity contribution in [3.8, 4) is 0 Å². The Morgan fingerprint density at radius 2 is 1.75 bits per heavy atom. The van der Waals surface area contributed by atoms with Crippen LogP contribution in [0, 0.1) is 6.33 Å². The minimum Gasteiger partial charge on any atom is -0.459 e. The van der Waals surface area contributed by atoms with Crippen LogP contribution in [0.2, 0.25) is 0 Å². The van der Waals surface area contributed by atoms with Crippen molar-refractivity contribution >= 4 is 0 Å². The quantitative estimate of drug-likeness (QED) is 0.316. The fourth-order valence-corrected chi connectivity index (χ4v) is 0. The molecule has 0 aliphatic rings. The van der Waals surface area contributed by atoms with Gasteiger partial charge in [0.15, 0.2) is 0 Å². The van der Waals surface area contributed by atoms with Gasteiger partial charge in [0.2, 0.25) is 0 Å². The van der Waals surface area contributed by atoms with Crippen LogP contribution < -0.4 is 0 Å². The molecular formula is C2H2FNi-. The van der Waals surface area contributed by atoms with Crippen LogP contribution in [0.1, 0.15) is 0 Å². The zero-order valence-corrected chi connectivity index (χ0v) is 2.89. The SMILES string of the molecule is C=[C-]F.[Ni]. The summed E-state index contributed by atoms with van der Waals surface area (Å²) < 4.78 is 9.93. The molecule has 0 nitrogen and oxygen atoms in total. The van der Waals surface area contributed by atoms with Gasteiger partial charge in [-0.05, 0) is 0 Å². The van der Waals surface area contributed by atoms with Crippen molar-refractivity contribution in [2.45, 2.75) is 0 Å². The van der Waals surface area contributed by atoms with Crippen LogP contribution in [-0.2, 0) is 16.5 Å². The number of hydrogen-bond acceptors (Lipinski definition) is 0. The van der Waals surface area contributed by atoms with Crippen LogP contribution in [0.3, 0.4) is 0 Å². The molecule has 0 fully saturated rings. The van der Waals surface area contributed by atoms with Gasteiger partial charge in [-0.2, -0.15) is 0 Å². The second-order valence-electron chi connectivity index (χ2n) is 0.134. The molecule has 2 heteroatoms. The van der Waals surface area contributed by atoms with Crippen LogP contribution >= 0.6 is 0 Å². The third kappa shape index (κ3) is 110. The first-order valence-corrected chi connectivity index (χ1v) is 0.543. The topological polar surface area (TPSA) is 0 Å². The maximum Gasteiger partial charge on any atom is 0 e. The van der Waals surface area contributed by atoms with E-state index in [-0.39, 0.29) is 16.5 Å². The van der Waals surface area contributed by atoms with Crippen LogP contribution in [0.4, 0.5) is 4.39 Å². The molecule has 0 aliphatic heterocycles. The molecule has 0 saturated heterocycles. The summed E-state index contributed by atoms with van der Waals surface area (Å²) in [4.78, 5) is 0. The molecule has 0 bridgehead atoms. The summed E-state index contributed by atoms with van der Waals surface area (Å²) in [5.41, 5.74) is 0. The Hall–Kier alpha value is 0.164. The standard InChI is InChI=1S/C2H2F.Ni/c1-2-3;/h1H2;/q-1;. The van der Waals surface area contributed by atoms with E-state index in [0.717, 1.165) is 6.33 Å². The summed E-state index contributed by atoms with van der Waals surface area (Å²) in [6.07, 6.45) is 1.00. The van der Waals surface area contributed by atoms with E-state index in [1.165, 1.54) is 0 Å². The van der Waals surface area contributed by atoms with Crippen molar-refractivity contribution in [2.75, 3.05) is 0 Å². The Balaban J connectivity index is 0. The average Bonchev–Trinajstić information content (AvgIpc) is 0.918. The van der Waals surface area contributed by atoms with Crippen molar-refractivity contribution in [3.05, 3.63) is 12.9 Å². The molecule has 0 aromatic rings. The summed E-state index contributed by atoms with van der Waals surface area (Å²) in [5, 5.41) is 0. The van der Waals surface area contributed by atoms with Gasteiger partial charge in [0, 0.05) is 16.5 Å². The van der Waals surface area contributed by atoms with Gasteiger partial charge in [-0.25, -0.2) is 0 Å². The van der Waals surface area contributed by atoms with E-state index in [1.807, 2.05) is 0 Å². The van der Waals surface area contributed by atoms with Gasteiger partial charge < -0.3 is 10.7 Å². The van der Waals surface area contributed by atoms with Crippen molar-refractivity contribution < 1.29 is 20.9 Å². The fraction of sp³-hybridized carbons (Fsp3) is 0. The van der Waals surface area contributed by atoms with E-state index in [9.17, 15) is 4.39 Å². The van der Waals surface area contributed by atoms with Crippen molar-refractivity contribution in [1.82, 2.24) is 0 Å². The second kappa shape index (κ2) is 10.9. The van der Waals surface area contributed by atoms with Gasteiger partial charge in [-0.15, -0.1) is 0 Å². The van der Waals surface area contributed by atoms with Gasteiger partial charge in [0.25, 0.3) is 0 Å². The van der Waals surface area contributed by atoms with Crippen molar-refractivity contribution in [2.24, 2.45) is 0 Å². The maximum atomic E-state index is 9.93. The van der Waals surface area contributed by atoms with Crippen molar-refractivity contribution in [1.29, 1.82) is 0 Å². The summed E-state index contributed by atoms with van der Waals surface area (Å²) in [6.45, 7) is 2.57. The second-order valence-corrected chi connectivity index (χ2v) is 0.134. The van der Waals surface area contributed by atoms with Crippen LogP contribution in [-0.4, -0.2) is 0 Å². The van der Waals surface area contributed by atoms with E-state index >= 15 is 0 Å². The molecule has 0 rings (SSSR count). The van der Waals surface area contributed by atoms with Gasteiger partial charge in [0.1, 0.15) is 0 Å². The Kier molecular flexibility index (Phi) is 24.3. The van der Waals surface area contributed by atoms with E-state index in [2.05, 4.69) is 6.58 Å². The Bertz CT molecular complexity index is 13.5. The molecule has 28 valence electrons. The van der Waals surface area contributed by atoms with Crippen LogP contribution in [0.5, 0.6) is 0 Å². The molecule has 0 unspecified atom stereocenters. The molecule has 0 heterocycles. The van der Waals surface area contributed by atoms with E-state index in [0.29, 0.717) is 0 Å². The largest absolute Gasteiger partial charge is 0.459 e. The summed E-state index contributed by atoms with van der Waals surface area (Å²) >= 11 is 0. The van der Waals surface area contributed by atoms with Gasteiger partial charge in [-0.1, -0.05) is 0 Å². The van der Waals surface area contributed by atoms with E-state index in [4.69, 9.17) is 0 Å². The molecule has 4 heavy (non-hydrogen) atoms. The smallest absolute Gasteiger partial charge is 0 e. The molecule has 0 spiro atoms. The number of hydrogen-bond donors (Lipinski definition) is 0. The first-order chi connectivity index (χ1) is 1.41. The third-order valence-corrected chi connectivity index (χ3v) is 0. The van der Waals surface area contributed by atoms with Gasteiger partial charge in [0.05, 0.1) is 0 Å². The summed E-state index contributed by atoms with van der Waals surface area (Å²) in [6, 6.07) is 0. The Labute approximate surface area is 34.6 Å². The van der Waals surface area contributed by atoms with Gasteiger partial charge in [-0.3, -0.25) is 6.58 Å². The molecule has 0 aromatic carbocycles. The van der Waals surface area contributed by atoms with E-state index in [1.54, 1.807) is 0 Å². The predicted molar refractivity (Wildman–Crippen MR) is 9.98 cm³/mol. The summed E-state index contributed by atoms with van der Waals surface area (Å²) in [5.74, 6) is 0. The number of halogens is 1. The Morgan fingerprint density at radius 3 is 1.75 bits per heavy atom. The predicted octanol–water partition coefficient (Wildman–Crippen LogP) is 0.900. The minimum atomic E-state index is 0. The maximum absolute atomic E-state index is 9.93. The number of rotatable bonds is 0. The molecule has 0 atom stereocenters. The molecule has 0 aromatic heterocycles. The average molecular weight is 104 g/mol. The molecule has 0 aliphatic carbocycles. The first-order valence-electron chi connectivity index (χ1n) is 0.543. The molecule has 0 amide bonds. The Morgan fingerprint density at radius 1 is 1.75 bits per heavy atom. The third-order valence-electron chi connectivity index (χ3n) is 0.